The molecule has 2 heterocycles. The van der Waals surface area contributed by atoms with Gasteiger partial charge >= 0.3 is 0 Å². The zero-order valence-corrected chi connectivity index (χ0v) is 16.3. The average molecular weight is 396 g/mol. The molecule has 0 bridgehead atoms. The first-order chi connectivity index (χ1) is 13.7. The summed E-state index contributed by atoms with van der Waals surface area (Å²) < 4.78 is 1.61. The molecule has 1 N–H and O–H groups in total. The summed E-state index contributed by atoms with van der Waals surface area (Å²) in [5.74, 6) is -0.205. The lowest BCUT2D eigenvalue weighted by atomic mass is 10.1. The van der Waals surface area contributed by atoms with Crippen LogP contribution in [0.25, 0.3) is 16.9 Å². The summed E-state index contributed by atoms with van der Waals surface area (Å²) in [6, 6.07) is 11.3. The number of aromatic nitrogens is 4. The van der Waals surface area contributed by atoms with Crippen molar-refractivity contribution in [3.8, 4) is 16.9 Å². The van der Waals surface area contributed by atoms with Crippen LogP contribution in [0.15, 0.2) is 48.8 Å². The monoisotopic (exact) mass is 395 g/mol. The second-order valence-corrected chi connectivity index (χ2v) is 7.46. The number of hydrogen-bond donors (Lipinski definition) is 1. The summed E-state index contributed by atoms with van der Waals surface area (Å²) in [6.45, 7) is 0. The van der Waals surface area contributed by atoms with Crippen LogP contribution in [0, 0.1) is 0 Å². The number of rotatable bonds is 4. The van der Waals surface area contributed by atoms with Crippen LogP contribution in [0.2, 0.25) is 5.02 Å². The Kier molecular flexibility index (Phi) is 5.67. The maximum Gasteiger partial charge on any atom is 0.274 e. The van der Waals surface area contributed by atoms with Gasteiger partial charge in [-0.2, -0.15) is 0 Å². The summed E-state index contributed by atoms with van der Waals surface area (Å²) in [7, 11) is 0. The van der Waals surface area contributed by atoms with E-state index in [2.05, 4.69) is 20.6 Å². The highest BCUT2D eigenvalue weighted by Crippen LogP contribution is 2.28. The van der Waals surface area contributed by atoms with E-state index >= 15 is 0 Å². The zero-order chi connectivity index (χ0) is 19.3. The minimum atomic E-state index is -0.205. The summed E-state index contributed by atoms with van der Waals surface area (Å²) in [6.07, 6.45) is 10.2. The number of hydrogen-bond acceptors (Lipinski definition) is 4. The summed E-state index contributed by atoms with van der Waals surface area (Å²) in [4.78, 5) is 17.3. The molecule has 1 aliphatic carbocycles. The predicted molar refractivity (Wildman–Crippen MR) is 109 cm³/mol. The number of pyridine rings is 1. The van der Waals surface area contributed by atoms with Crippen LogP contribution in [0.3, 0.4) is 0 Å². The highest BCUT2D eigenvalue weighted by Gasteiger charge is 2.25. The largest absolute Gasteiger partial charge is 0.348 e. The Labute approximate surface area is 168 Å². The molecule has 0 unspecified atom stereocenters. The Balaban J connectivity index is 1.73. The van der Waals surface area contributed by atoms with Gasteiger partial charge in [-0.05, 0) is 37.1 Å². The number of nitrogens with zero attached hydrogens (tertiary/aromatic N) is 4. The molecule has 1 fully saturated rings. The van der Waals surface area contributed by atoms with Gasteiger partial charge in [0.1, 0.15) is 5.69 Å². The molecule has 2 aromatic heterocycles. The van der Waals surface area contributed by atoms with Crippen LogP contribution in [0.4, 0.5) is 0 Å². The van der Waals surface area contributed by atoms with Gasteiger partial charge in [0.05, 0.1) is 10.7 Å². The van der Waals surface area contributed by atoms with Crippen LogP contribution in [-0.4, -0.2) is 31.9 Å². The smallest absolute Gasteiger partial charge is 0.274 e. The molecular formula is C21H22ClN5O. The molecule has 28 heavy (non-hydrogen) atoms. The Morgan fingerprint density at radius 2 is 1.86 bits per heavy atom. The van der Waals surface area contributed by atoms with Crippen molar-refractivity contribution in [2.24, 2.45) is 0 Å². The molecule has 0 atom stereocenters. The third-order valence-corrected chi connectivity index (χ3v) is 5.41. The third kappa shape index (κ3) is 3.92. The zero-order valence-electron chi connectivity index (χ0n) is 15.5. The van der Waals surface area contributed by atoms with Crippen molar-refractivity contribution in [1.29, 1.82) is 0 Å². The Morgan fingerprint density at radius 3 is 2.57 bits per heavy atom. The maximum atomic E-state index is 13.1. The summed E-state index contributed by atoms with van der Waals surface area (Å²) in [5.41, 5.74) is 2.31. The molecular weight excluding hydrogens is 374 g/mol. The highest BCUT2D eigenvalue weighted by atomic mass is 35.5. The number of halogens is 1. The Bertz CT molecular complexity index is 948. The predicted octanol–water partition coefficient (Wildman–Crippen LogP) is 4.44. The van der Waals surface area contributed by atoms with Crippen LogP contribution >= 0.6 is 11.6 Å². The first-order valence-corrected chi connectivity index (χ1v) is 10.0. The molecule has 1 aliphatic rings. The number of carbonyl (C=O) groups excluding carboxylic acids is 1. The highest BCUT2D eigenvalue weighted by molar-refractivity contribution is 6.32. The Hall–Kier alpha value is -2.73. The van der Waals surface area contributed by atoms with Crippen LogP contribution in [-0.2, 0) is 0 Å². The van der Waals surface area contributed by atoms with Crippen LogP contribution < -0.4 is 5.32 Å². The van der Waals surface area contributed by atoms with Crippen molar-refractivity contribution < 1.29 is 4.79 Å². The minimum Gasteiger partial charge on any atom is -0.348 e. The number of carbonyl (C=O) groups is 1. The summed E-state index contributed by atoms with van der Waals surface area (Å²) >= 11 is 6.38. The van der Waals surface area contributed by atoms with Crippen molar-refractivity contribution in [3.63, 3.8) is 0 Å². The Morgan fingerprint density at radius 1 is 1.07 bits per heavy atom. The molecule has 144 valence electrons. The molecule has 0 radical (unpaired) electrons. The van der Waals surface area contributed by atoms with Gasteiger partial charge in [0.2, 0.25) is 0 Å². The fourth-order valence-corrected chi connectivity index (χ4v) is 3.88. The lowest BCUT2D eigenvalue weighted by molar-refractivity contribution is 0.0929. The van der Waals surface area contributed by atoms with E-state index in [9.17, 15) is 4.79 Å². The van der Waals surface area contributed by atoms with E-state index < -0.39 is 0 Å². The first kappa shape index (κ1) is 18.6. The maximum absolute atomic E-state index is 13.1. The fraction of sp³-hybridized carbons (Fsp3) is 0.333. The second-order valence-electron chi connectivity index (χ2n) is 7.05. The normalized spacial score (nSPS) is 15.2. The van der Waals surface area contributed by atoms with E-state index in [1.807, 2.05) is 30.3 Å². The van der Waals surface area contributed by atoms with Crippen molar-refractivity contribution in [2.45, 2.75) is 44.6 Å². The van der Waals surface area contributed by atoms with Gasteiger partial charge in [-0.15, -0.1) is 5.10 Å². The van der Waals surface area contributed by atoms with Gasteiger partial charge in [0.15, 0.2) is 5.69 Å². The number of nitrogens with one attached hydrogen (secondary N) is 1. The van der Waals surface area contributed by atoms with Crippen molar-refractivity contribution in [1.82, 2.24) is 25.3 Å². The second kappa shape index (κ2) is 8.52. The quantitative estimate of drug-likeness (QED) is 0.663. The lowest BCUT2D eigenvalue weighted by Gasteiger charge is -2.16. The molecule has 0 aliphatic heterocycles. The number of benzene rings is 1. The fourth-order valence-electron chi connectivity index (χ4n) is 3.67. The molecule has 0 spiro atoms. The number of para-hydroxylation sites is 1. The lowest BCUT2D eigenvalue weighted by Crippen LogP contribution is -2.35. The molecule has 1 amide bonds. The van der Waals surface area contributed by atoms with Gasteiger partial charge in [-0.3, -0.25) is 9.78 Å². The average Bonchev–Trinajstić information content (AvgIpc) is 3.00. The molecule has 4 rings (SSSR count). The minimum absolute atomic E-state index is 0.183. The summed E-state index contributed by atoms with van der Waals surface area (Å²) in [5, 5.41) is 12.2. The van der Waals surface area contributed by atoms with E-state index in [1.165, 1.54) is 12.8 Å². The van der Waals surface area contributed by atoms with Crippen LogP contribution in [0.1, 0.15) is 49.0 Å². The molecule has 0 saturated heterocycles. The van der Waals surface area contributed by atoms with Gasteiger partial charge in [0, 0.05) is 24.0 Å². The van der Waals surface area contributed by atoms with Gasteiger partial charge < -0.3 is 5.32 Å². The van der Waals surface area contributed by atoms with Crippen molar-refractivity contribution in [3.05, 3.63) is 59.5 Å². The standard InChI is InChI=1S/C21H22ClN5O/c22-17-11-5-6-12-18(17)27-20(15-8-7-13-23-14-15)19(25-26-27)21(28)24-16-9-3-1-2-4-10-16/h5-8,11-14,16H,1-4,9-10H2,(H,24,28). The first-order valence-electron chi connectivity index (χ1n) is 9.66. The van der Waals surface area contributed by atoms with E-state index in [1.54, 1.807) is 23.1 Å². The molecule has 3 aromatic rings. The van der Waals surface area contributed by atoms with Crippen molar-refractivity contribution >= 4 is 17.5 Å². The molecule has 1 saturated carbocycles. The van der Waals surface area contributed by atoms with E-state index in [-0.39, 0.29) is 17.6 Å². The van der Waals surface area contributed by atoms with Gasteiger partial charge in [0.25, 0.3) is 5.91 Å². The van der Waals surface area contributed by atoms with E-state index in [0.29, 0.717) is 16.4 Å². The third-order valence-electron chi connectivity index (χ3n) is 5.09. The molecule has 1 aromatic carbocycles. The number of amides is 1. The molecule has 7 heteroatoms. The van der Waals surface area contributed by atoms with Gasteiger partial charge in [-0.1, -0.05) is 54.6 Å². The van der Waals surface area contributed by atoms with E-state index in [0.717, 1.165) is 31.2 Å². The van der Waals surface area contributed by atoms with Gasteiger partial charge in [-0.25, -0.2) is 4.68 Å². The van der Waals surface area contributed by atoms with E-state index in [4.69, 9.17) is 11.6 Å². The van der Waals surface area contributed by atoms with Crippen molar-refractivity contribution in [2.75, 3.05) is 0 Å². The molecule has 6 nitrogen and oxygen atoms in total. The van der Waals surface area contributed by atoms with Crippen LogP contribution in [0.5, 0.6) is 0 Å². The topological polar surface area (TPSA) is 72.7 Å². The SMILES string of the molecule is O=C(NC1CCCCCC1)c1nnn(-c2ccccc2Cl)c1-c1cccnc1.